The molecule has 1 saturated carbocycles. The van der Waals surface area contributed by atoms with Gasteiger partial charge in [-0.1, -0.05) is 12.1 Å². The van der Waals surface area contributed by atoms with Gasteiger partial charge in [-0.2, -0.15) is 0 Å². The van der Waals surface area contributed by atoms with Crippen LogP contribution in [0.4, 0.5) is 11.6 Å². The first-order chi connectivity index (χ1) is 15.5. The molecule has 0 bridgehead atoms. The summed E-state index contributed by atoms with van der Waals surface area (Å²) in [6.07, 6.45) is 4.01. The number of aryl methyl sites for hydroxylation is 2. The quantitative estimate of drug-likeness (QED) is 0.382. The first kappa shape index (κ1) is 20.7. The molecule has 0 radical (unpaired) electrons. The summed E-state index contributed by atoms with van der Waals surface area (Å²) in [5, 5.41) is 26.6. The molecule has 4 atom stereocenters. The maximum absolute atomic E-state index is 10.9. The molecule has 8 heteroatoms. The number of rotatable bonds is 5. The summed E-state index contributed by atoms with van der Waals surface area (Å²) in [5.74, 6) is 1.26. The van der Waals surface area contributed by atoms with Gasteiger partial charge in [-0.25, -0.2) is 15.0 Å². The molecule has 5 rings (SSSR count). The van der Waals surface area contributed by atoms with E-state index in [2.05, 4.69) is 44.5 Å². The highest BCUT2D eigenvalue weighted by molar-refractivity contribution is 5.89. The molecule has 4 aromatic rings. The van der Waals surface area contributed by atoms with Gasteiger partial charge in [0.2, 0.25) is 0 Å². The van der Waals surface area contributed by atoms with E-state index in [0.717, 1.165) is 40.5 Å². The molecule has 8 nitrogen and oxygen atoms in total. The standard InChI is InChI=1S/C24H28N6O2/c1-13-11-30(24-20(13)23(25)27-12-28-24)18-10-16(21(31)22(18)32)6-4-14-3-5-15-7-8-19(26-2)29-17(15)9-14/h3,5,7-9,11-12,16,18,21-22,31-32H,4,6,10H2,1-2H3,(H,26,29)(H2,25,27,28)/t16-,18+,21+,22-/m0/s1. The predicted molar refractivity (Wildman–Crippen MR) is 125 cm³/mol. The fourth-order valence-corrected chi connectivity index (χ4v) is 5.02. The number of nitrogens with two attached hydrogens (primary N) is 1. The van der Waals surface area contributed by atoms with Crippen LogP contribution in [-0.4, -0.2) is 49.0 Å². The smallest absolute Gasteiger partial charge is 0.146 e. The molecule has 0 spiro atoms. The van der Waals surface area contributed by atoms with Crippen molar-refractivity contribution in [1.82, 2.24) is 19.5 Å². The number of benzene rings is 1. The van der Waals surface area contributed by atoms with Gasteiger partial charge < -0.3 is 25.8 Å². The third-order valence-corrected chi connectivity index (χ3v) is 6.77. The number of nitrogens with zero attached hydrogens (tertiary/aromatic N) is 4. The minimum Gasteiger partial charge on any atom is -0.390 e. The van der Waals surface area contributed by atoms with Crippen LogP contribution in [0.5, 0.6) is 0 Å². The van der Waals surface area contributed by atoms with Crippen molar-refractivity contribution < 1.29 is 10.2 Å². The number of aliphatic hydroxyl groups excluding tert-OH is 2. The highest BCUT2D eigenvalue weighted by atomic mass is 16.3. The zero-order valence-electron chi connectivity index (χ0n) is 18.2. The molecule has 0 aliphatic heterocycles. The molecular formula is C24H28N6O2. The molecule has 3 heterocycles. The number of nitrogen functional groups attached to an aromatic ring is 1. The lowest BCUT2D eigenvalue weighted by Crippen LogP contribution is -2.29. The Labute approximate surface area is 186 Å². The lowest BCUT2D eigenvalue weighted by molar-refractivity contribution is 0.00544. The largest absolute Gasteiger partial charge is 0.390 e. The van der Waals surface area contributed by atoms with Crippen molar-refractivity contribution in [2.45, 2.75) is 44.4 Å². The Balaban J connectivity index is 1.35. The van der Waals surface area contributed by atoms with Crippen molar-refractivity contribution in [2.24, 2.45) is 5.92 Å². The molecule has 1 aliphatic carbocycles. The van der Waals surface area contributed by atoms with Gasteiger partial charge in [0.25, 0.3) is 0 Å². The Kier molecular flexibility index (Phi) is 5.19. The van der Waals surface area contributed by atoms with E-state index in [1.54, 1.807) is 0 Å². The second-order valence-corrected chi connectivity index (χ2v) is 8.73. The first-order valence-corrected chi connectivity index (χ1v) is 11.0. The summed E-state index contributed by atoms with van der Waals surface area (Å²) in [5.41, 5.74) is 9.83. The van der Waals surface area contributed by atoms with Crippen LogP contribution in [0.15, 0.2) is 42.9 Å². The van der Waals surface area contributed by atoms with Gasteiger partial charge >= 0.3 is 0 Å². The van der Waals surface area contributed by atoms with E-state index >= 15 is 0 Å². The molecule has 5 N–H and O–H groups in total. The number of nitrogens with one attached hydrogen (secondary N) is 1. The third kappa shape index (κ3) is 3.45. The highest BCUT2D eigenvalue weighted by Gasteiger charge is 2.42. The number of pyridine rings is 1. The number of aliphatic hydroxyl groups is 2. The molecule has 0 unspecified atom stereocenters. The number of anilines is 2. The van der Waals surface area contributed by atoms with Crippen molar-refractivity contribution in [2.75, 3.05) is 18.1 Å². The van der Waals surface area contributed by atoms with E-state index < -0.39 is 12.2 Å². The van der Waals surface area contributed by atoms with Crippen LogP contribution < -0.4 is 11.1 Å². The summed E-state index contributed by atoms with van der Waals surface area (Å²) in [6, 6.07) is 10.1. The molecule has 0 saturated heterocycles. The Morgan fingerprint density at radius 1 is 1.16 bits per heavy atom. The van der Waals surface area contributed by atoms with Gasteiger partial charge in [0.1, 0.15) is 29.7 Å². The molecule has 0 amide bonds. The summed E-state index contributed by atoms with van der Waals surface area (Å²) in [4.78, 5) is 13.1. The summed E-state index contributed by atoms with van der Waals surface area (Å²) in [7, 11) is 1.86. The number of hydrogen-bond donors (Lipinski definition) is 4. The second kappa shape index (κ2) is 8.03. The Morgan fingerprint density at radius 2 is 1.97 bits per heavy atom. The minimum atomic E-state index is -0.859. The molecular weight excluding hydrogens is 404 g/mol. The predicted octanol–water partition coefficient (Wildman–Crippen LogP) is 2.83. The highest BCUT2D eigenvalue weighted by Crippen LogP contribution is 2.40. The number of fused-ring (bicyclic) bond motifs is 2. The summed E-state index contributed by atoms with van der Waals surface area (Å²) in [6.45, 7) is 1.96. The Morgan fingerprint density at radius 3 is 2.78 bits per heavy atom. The van der Waals surface area contributed by atoms with Crippen molar-refractivity contribution >= 4 is 33.6 Å². The second-order valence-electron chi connectivity index (χ2n) is 8.73. The maximum atomic E-state index is 10.9. The fraction of sp³-hybridized carbons (Fsp3) is 0.375. The first-order valence-electron chi connectivity index (χ1n) is 11.0. The van der Waals surface area contributed by atoms with Gasteiger partial charge in [0, 0.05) is 18.6 Å². The van der Waals surface area contributed by atoms with E-state index in [-0.39, 0.29) is 12.0 Å². The van der Waals surface area contributed by atoms with Gasteiger partial charge in [-0.3, -0.25) is 0 Å². The molecule has 32 heavy (non-hydrogen) atoms. The molecule has 166 valence electrons. The van der Waals surface area contributed by atoms with Crippen molar-refractivity contribution in [3.63, 3.8) is 0 Å². The lowest BCUT2D eigenvalue weighted by Gasteiger charge is -2.19. The van der Waals surface area contributed by atoms with Crippen LogP contribution in [0.25, 0.3) is 21.9 Å². The van der Waals surface area contributed by atoms with E-state index in [1.807, 2.05) is 30.8 Å². The van der Waals surface area contributed by atoms with Gasteiger partial charge in [0.05, 0.1) is 23.0 Å². The van der Waals surface area contributed by atoms with E-state index in [9.17, 15) is 10.2 Å². The van der Waals surface area contributed by atoms with E-state index in [1.165, 1.54) is 11.9 Å². The maximum Gasteiger partial charge on any atom is 0.146 e. The normalized spacial score (nSPS) is 23.2. The summed E-state index contributed by atoms with van der Waals surface area (Å²) < 4.78 is 1.95. The van der Waals surface area contributed by atoms with E-state index in [4.69, 9.17) is 5.73 Å². The minimum absolute atomic E-state index is 0.0146. The number of aromatic nitrogens is 4. The molecule has 3 aromatic heterocycles. The zero-order valence-corrected chi connectivity index (χ0v) is 18.2. The van der Waals surface area contributed by atoms with E-state index in [0.29, 0.717) is 17.9 Å². The van der Waals surface area contributed by atoms with Crippen LogP contribution in [0.2, 0.25) is 0 Å². The molecule has 1 aliphatic rings. The molecule has 1 fully saturated rings. The Hall–Kier alpha value is -3.23. The summed E-state index contributed by atoms with van der Waals surface area (Å²) >= 11 is 0. The van der Waals surface area contributed by atoms with Gasteiger partial charge in [0.15, 0.2) is 0 Å². The topological polar surface area (TPSA) is 122 Å². The molecule has 1 aromatic carbocycles. The monoisotopic (exact) mass is 432 g/mol. The van der Waals surface area contributed by atoms with Gasteiger partial charge in [-0.15, -0.1) is 0 Å². The van der Waals surface area contributed by atoms with Crippen LogP contribution in [0, 0.1) is 12.8 Å². The van der Waals surface area contributed by atoms with Crippen molar-refractivity contribution in [1.29, 1.82) is 0 Å². The van der Waals surface area contributed by atoms with Gasteiger partial charge in [-0.05, 0) is 61.4 Å². The van der Waals surface area contributed by atoms with Crippen molar-refractivity contribution in [3.8, 4) is 0 Å². The van der Waals surface area contributed by atoms with Crippen LogP contribution in [-0.2, 0) is 6.42 Å². The van der Waals surface area contributed by atoms with Crippen LogP contribution in [0.1, 0.15) is 30.0 Å². The van der Waals surface area contributed by atoms with Crippen LogP contribution in [0.3, 0.4) is 0 Å². The lowest BCUT2D eigenvalue weighted by atomic mass is 9.95. The average Bonchev–Trinajstić information content (AvgIpc) is 3.28. The van der Waals surface area contributed by atoms with Crippen LogP contribution >= 0.6 is 0 Å². The SMILES string of the molecule is CNc1ccc2ccc(CC[C@H]3C[C@@H](n4cc(C)c5c(N)ncnc54)[C@H](O)[C@@H]3O)cc2n1. The fourth-order valence-electron chi connectivity index (χ4n) is 5.02. The average molecular weight is 433 g/mol. The Bertz CT molecular complexity index is 1290. The van der Waals surface area contributed by atoms with Crippen molar-refractivity contribution in [3.05, 3.63) is 54.0 Å². The number of hydrogen-bond acceptors (Lipinski definition) is 7. The zero-order chi connectivity index (χ0) is 22.4. The third-order valence-electron chi connectivity index (χ3n) is 6.77.